The quantitative estimate of drug-likeness (QED) is 0.577. The van der Waals surface area contributed by atoms with E-state index in [1.165, 1.54) is 7.05 Å². The standard InChI is InChI=1S/C17H14ClN5O5/c1-22-11(16(19)26)6-15(25)23(17(22)27)8-14-20-13(21-28-14)7-12(24)9-2-4-10(18)5-3-9/h2-6H,7-8H2,1H3,(H2,19,26). The lowest BCUT2D eigenvalue weighted by Crippen LogP contribution is -2.42. The molecule has 0 radical (unpaired) electrons. The highest BCUT2D eigenvalue weighted by atomic mass is 35.5. The Morgan fingerprint density at radius 1 is 1.21 bits per heavy atom. The number of rotatable bonds is 6. The summed E-state index contributed by atoms with van der Waals surface area (Å²) < 4.78 is 6.78. The number of benzene rings is 1. The maximum atomic E-state index is 12.3. The molecule has 0 fully saturated rings. The SMILES string of the molecule is Cn1c(C(N)=O)cc(=O)n(Cc2nc(CC(=O)c3ccc(Cl)cc3)no2)c1=O. The van der Waals surface area contributed by atoms with Gasteiger partial charge in [0.2, 0.25) is 5.89 Å². The third kappa shape index (κ3) is 3.91. The first-order chi connectivity index (χ1) is 13.3. The molecule has 0 aliphatic rings. The van der Waals surface area contributed by atoms with E-state index < -0.39 is 17.2 Å². The van der Waals surface area contributed by atoms with E-state index in [0.29, 0.717) is 10.6 Å². The predicted molar refractivity (Wildman–Crippen MR) is 97.3 cm³/mol. The first kappa shape index (κ1) is 19.2. The van der Waals surface area contributed by atoms with Crippen LogP contribution in [0.25, 0.3) is 0 Å². The van der Waals surface area contributed by atoms with Crippen molar-refractivity contribution < 1.29 is 14.1 Å². The van der Waals surface area contributed by atoms with Crippen molar-refractivity contribution in [1.82, 2.24) is 19.3 Å². The number of halogens is 1. The van der Waals surface area contributed by atoms with E-state index in [1.54, 1.807) is 24.3 Å². The van der Waals surface area contributed by atoms with E-state index in [2.05, 4.69) is 10.1 Å². The number of carbonyl (C=O) groups excluding carboxylic acids is 2. The molecule has 2 aromatic heterocycles. The highest BCUT2D eigenvalue weighted by molar-refractivity contribution is 6.30. The Bertz CT molecular complexity index is 1180. The largest absolute Gasteiger partial charge is 0.364 e. The molecular weight excluding hydrogens is 390 g/mol. The highest BCUT2D eigenvalue weighted by Gasteiger charge is 2.17. The van der Waals surface area contributed by atoms with Gasteiger partial charge in [0.15, 0.2) is 11.6 Å². The van der Waals surface area contributed by atoms with Gasteiger partial charge in [-0.05, 0) is 24.3 Å². The molecular formula is C17H14ClN5O5. The number of hydrogen-bond donors (Lipinski definition) is 1. The van der Waals surface area contributed by atoms with E-state index in [1.807, 2.05) is 0 Å². The first-order valence-corrected chi connectivity index (χ1v) is 8.35. The van der Waals surface area contributed by atoms with Gasteiger partial charge in [0.1, 0.15) is 12.2 Å². The van der Waals surface area contributed by atoms with Crippen molar-refractivity contribution in [2.75, 3.05) is 0 Å². The molecule has 0 saturated heterocycles. The molecule has 28 heavy (non-hydrogen) atoms. The third-order valence-electron chi connectivity index (χ3n) is 3.95. The van der Waals surface area contributed by atoms with Gasteiger partial charge in [0, 0.05) is 23.7 Å². The zero-order valence-electron chi connectivity index (χ0n) is 14.6. The molecule has 0 aliphatic heterocycles. The van der Waals surface area contributed by atoms with Crippen LogP contribution in [0.1, 0.15) is 32.6 Å². The minimum absolute atomic E-state index is 0.0371. The maximum absolute atomic E-state index is 12.3. The topological polar surface area (TPSA) is 143 Å². The number of carbonyl (C=O) groups is 2. The van der Waals surface area contributed by atoms with E-state index in [0.717, 1.165) is 15.2 Å². The minimum Gasteiger partial charge on any atom is -0.364 e. The van der Waals surface area contributed by atoms with Crippen molar-refractivity contribution in [1.29, 1.82) is 0 Å². The van der Waals surface area contributed by atoms with Crippen molar-refractivity contribution in [3.8, 4) is 0 Å². The van der Waals surface area contributed by atoms with Gasteiger partial charge in [-0.2, -0.15) is 4.98 Å². The van der Waals surface area contributed by atoms with Crippen LogP contribution in [0, 0.1) is 0 Å². The Labute approximate surface area is 162 Å². The smallest absolute Gasteiger partial charge is 0.331 e. The Morgan fingerprint density at radius 3 is 2.54 bits per heavy atom. The third-order valence-corrected chi connectivity index (χ3v) is 4.20. The molecule has 0 spiro atoms. The summed E-state index contributed by atoms with van der Waals surface area (Å²) in [5.74, 6) is -1.08. The van der Waals surface area contributed by atoms with E-state index in [9.17, 15) is 19.2 Å². The number of hydrogen-bond acceptors (Lipinski definition) is 7. The summed E-state index contributed by atoms with van der Waals surface area (Å²) in [6.07, 6.45) is -0.126. The molecule has 144 valence electrons. The van der Waals surface area contributed by atoms with Crippen LogP contribution < -0.4 is 17.0 Å². The number of aromatic nitrogens is 4. The first-order valence-electron chi connectivity index (χ1n) is 7.97. The fourth-order valence-electron chi connectivity index (χ4n) is 2.49. The number of nitrogens with two attached hydrogens (primary N) is 1. The number of ketones is 1. The fraction of sp³-hybridized carbons (Fsp3) is 0.176. The lowest BCUT2D eigenvalue weighted by Gasteiger charge is -2.07. The van der Waals surface area contributed by atoms with Crippen LogP contribution in [-0.2, 0) is 20.0 Å². The second kappa shape index (κ2) is 7.61. The molecule has 11 heteroatoms. The van der Waals surface area contributed by atoms with Crippen molar-refractivity contribution in [3.63, 3.8) is 0 Å². The monoisotopic (exact) mass is 403 g/mol. The van der Waals surface area contributed by atoms with Gasteiger partial charge in [-0.1, -0.05) is 16.8 Å². The average molecular weight is 404 g/mol. The van der Waals surface area contributed by atoms with Gasteiger partial charge in [-0.15, -0.1) is 0 Å². The van der Waals surface area contributed by atoms with Gasteiger partial charge in [0.25, 0.3) is 11.5 Å². The molecule has 3 rings (SSSR count). The van der Waals surface area contributed by atoms with Crippen LogP contribution in [-0.4, -0.2) is 31.0 Å². The molecule has 0 unspecified atom stereocenters. The second-order valence-corrected chi connectivity index (χ2v) is 6.31. The molecule has 10 nitrogen and oxygen atoms in total. The molecule has 0 atom stereocenters. The van der Waals surface area contributed by atoms with Gasteiger partial charge >= 0.3 is 5.69 Å². The Kier molecular flexibility index (Phi) is 5.23. The lowest BCUT2D eigenvalue weighted by molar-refractivity contribution is 0.0981. The molecule has 1 aromatic carbocycles. The summed E-state index contributed by atoms with van der Waals surface area (Å²) in [4.78, 5) is 51.9. The van der Waals surface area contributed by atoms with E-state index in [4.69, 9.17) is 21.9 Å². The molecule has 0 bridgehead atoms. The van der Waals surface area contributed by atoms with E-state index >= 15 is 0 Å². The number of primary amides is 1. The summed E-state index contributed by atoms with van der Waals surface area (Å²) in [5.41, 5.74) is 3.84. The fourth-order valence-corrected chi connectivity index (χ4v) is 2.62. The molecule has 2 N–H and O–H groups in total. The summed E-state index contributed by atoms with van der Waals surface area (Å²) in [5, 5.41) is 4.20. The molecule has 2 heterocycles. The maximum Gasteiger partial charge on any atom is 0.331 e. The molecule has 0 saturated carbocycles. The van der Waals surface area contributed by atoms with Crippen LogP contribution >= 0.6 is 11.6 Å². The van der Waals surface area contributed by atoms with Crippen LogP contribution in [0.2, 0.25) is 5.02 Å². The van der Waals surface area contributed by atoms with Gasteiger partial charge in [0.05, 0.1) is 6.42 Å². The summed E-state index contributed by atoms with van der Waals surface area (Å²) in [6.45, 7) is -0.313. The highest BCUT2D eigenvalue weighted by Crippen LogP contribution is 2.11. The van der Waals surface area contributed by atoms with Gasteiger partial charge in [-0.25, -0.2) is 4.79 Å². The zero-order chi connectivity index (χ0) is 20.4. The van der Waals surface area contributed by atoms with Gasteiger partial charge in [-0.3, -0.25) is 23.5 Å². The Morgan fingerprint density at radius 2 is 1.89 bits per heavy atom. The van der Waals surface area contributed by atoms with Crippen LogP contribution in [0.5, 0.6) is 0 Å². The van der Waals surface area contributed by atoms with Crippen molar-refractivity contribution >= 4 is 23.3 Å². The normalized spacial score (nSPS) is 10.8. The van der Waals surface area contributed by atoms with E-state index in [-0.39, 0.29) is 36.2 Å². The number of nitrogens with zero attached hydrogens (tertiary/aromatic N) is 4. The average Bonchev–Trinajstić information content (AvgIpc) is 3.09. The van der Waals surface area contributed by atoms with Crippen molar-refractivity contribution in [2.45, 2.75) is 13.0 Å². The zero-order valence-corrected chi connectivity index (χ0v) is 15.3. The molecule has 0 aliphatic carbocycles. The molecule has 1 amide bonds. The Hall–Kier alpha value is -3.53. The van der Waals surface area contributed by atoms with Crippen LogP contribution in [0.3, 0.4) is 0 Å². The predicted octanol–water partition coefficient (Wildman–Crippen LogP) is 0.156. The summed E-state index contributed by atoms with van der Waals surface area (Å²) >= 11 is 5.79. The van der Waals surface area contributed by atoms with Crippen LogP contribution in [0.4, 0.5) is 0 Å². The van der Waals surface area contributed by atoms with Crippen molar-refractivity contribution in [3.05, 3.63) is 79.2 Å². The van der Waals surface area contributed by atoms with Crippen LogP contribution in [0.15, 0.2) is 44.4 Å². The minimum atomic E-state index is -0.898. The lowest BCUT2D eigenvalue weighted by atomic mass is 10.1. The summed E-state index contributed by atoms with van der Waals surface area (Å²) in [6, 6.07) is 7.29. The van der Waals surface area contributed by atoms with Crippen molar-refractivity contribution in [2.24, 2.45) is 12.8 Å². The number of Topliss-reactive ketones (excluding diaryl/α,β-unsaturated/α-hetero) is 1. The summed E-state index contributed by atoms with van der Waals surface area (Å²) in [7, 11) is 1.31. The Balaban J connectivity index is 1.80. The van der Waals surface area contributed by atoms with Gasteiger partial charge < -0.3 is 10.3 Å². The molecule has 3 aromatic rings. The second-order valence-electron chi connectivity index (χ2n) is 5.87. The number of amides is 1.